The van der Waals surface area contributed by atoms with Crippen LogP contribution in [0.15, 0.2) is 24.5 Å². The van der Waals surface area contributed by atoms with Crippen LogP contribution in [0.5, 0.6) is 5.75 Å². The number of nitrogens with one attached hydrogen (secondary N) is 3. The molecule has 144 valence electrons. The highest BCUT2D eigenvalue weighted by molar-refractivity contribution is 5.86. The summed E-state index contributed by atoms with van der Waals surface area (Å²) >= 11 is 0. The molecule has 27 heavy (non-hydrogen) atoms. The van der Waals surface area contributed by atoms with Crippen molar-refractivity contribution in [3.63, 3.8) is 0 Å². The maximum absolute atomic E-state index is 12.9. The van der Waals surface area contributed by atoms with Crippen molar-refractivity contribution >= 4 is 28.4 Å². The summed E-state index contributed by atoms with van der Waals surface area (Å²) in [5.74, 6) is -1.52. The van der Waals surface area contributed by atoms with E-state index >= 15 is 0 Å². The molecule has 0 saturated carbocycles. The number of hydrogen-bond donors (Lipinski definition) is 3. The number of hydrogen-bond acceptors (Lipinski definition) is 6. The number of rotatable bonds is 4. The zero-order valence-corrected chi connectivity index (χ0v) is 13.3. The van der Waals surface area contributed by atoms with E-state index in [1.54, 1.807) is 0 Å². The number of halogens is 6. The molecule has 0 fully saturated rings. The molecule has 7 nitrogen and oxygen atoms in total. The minimum atomic E-state index is -4.98. The second-order valence-corrected chi connectivity index (χ2v) is 5.18. The summed E-state index contributed by atoms with van der Waals surface area (Å²) in [5.41, 5.74) is -0.968. The van der Waals surface area contributed by atoms with Gasteiger partial charge in [0.25, 0.3) is 0 Å². The van der Waals surface area contributed by atoms with Gasteiger partial charge >= 0.3 is 12.5 Å². The van der Waals surface area contributed by atoms with E-state index in [-0.39, 0.29) is 11.6 Å². The highest BCUT2D eigenvalue weighted by Gasteiger charge is 2.35. The Bertz CT molecular complexity index is 967. The Kier molecular flexibility index (Phi) is 4.45. The van der Waals surface area contributed by atoms with Crippen LogP contribution in [-0.4, -0.2) is 33.6 Å². The molecular formula is C14H10F6N6O. The van der Waals surface area contributed by atoms with E-state index in [0.29, 0.717) is 17.1 Å². The van der Waals surface area contributed by atoms with Crippen molar-refractivity contribution in [2.24, 2.45) is 0 Å². The molecule has 0 aliphatic rings. The highest BCUT2D eigenvalue weighted by atomic mass is 19.4. The lowest BCUT2D eigenvalue weighted by molar-refractivity contribution is -0.274. The van der Waals surface area contributed by atoms with Crippen molar-refractivity contribution in [1.29, 1.82) is 0 Å². The summed E-state index contributed by atoms with van der Waals surface area (Å²) in [4.78, 5) is 7.15. The van der Waals surface area contributed by atoms with Crippen LogP contribution in [0.4, 0.5) is 43.8 Å². The number of fused-ring (bicyclic) bond motifs is 1. The summed E-state index contributed by atoms with van der Waals surface area (Å²) in [7, 11) is 1.22. The van der Waals surface area contributed by atoms with Crippen molar-refractivity contribution in [1.82, 2.24) is 20.2 Å². The summed E-state index contributed by atoms with van der Waals surface area (Å²) in [5, 5.41) is 11.3. The fraction of sp³-hybridized carbons (Fsp3) is 0.214. The molecule has 0 saturated heterocycles. The number of alkyl halides is 6. The van der Waals surface area contributed by atoms with Gasteiger partial charge in [0.15, 0.2) is 5.75 Å². The predicted molar refractivity (Wildman–Crippen MR) is 82.6 cm³/mol. The Morgan fingerprint density at radius 2 is 1.81 bits per heavy atom. The zero-order valence-electron chi connectivity index (χ0n) is 13.3. The molecule has 0 unspecified atom stereocenters. The fourth-order valence-electron chi connectivity index (χ4n) is 2.24. The van der Waals surface area contributed by atoms with E-state index in [2.05, 4.69) is 35.5 Å². The first-order valence-corrected chi connectivity index (χ1v) is 7.19. The molecule has 13 heteroatoms. The molecule has 3 rings (SSSR count). The monoisotopic (exact) mass is 392 g/mol. The first-order chi connectivity index (χ1) is 12.6. The van der Waals surface area contributed by atoms with E-state index < -0.39 is 29.7 Å². The van der Waals surface area contributed by atoms with Crippen molar-refractivity contribution in [3.05, 3.63) is 30.1 Å². The molecule has 0 spiro atoms. The average Bonchev–Trinajstić information content (AvgIpc) is 2.99. The summed E-state index contributed by atoms with van der Waals surface area (Å²) < 4.78 is 80.6. The van der Waals surface area contributed by atoms with Crippen LogP contribution in [0.3, 0.4) is 0 Å². The number of anilines is 3. The molecule has 0 aliphatic carbocycles. The van der Waals surface area contributed by atoms with Gasteiger partial charge < -0.3 is 15.4 Å². The van der Waals surface area contributed by atoms with Gasteiger partial charge in [-0.05, 0) is 12.1 Å². The molecule has 0 amide bonds. The van der Waals surface area contributed by atoms with E-state index in [1.165, 1.54) is 19.3 Å². The quantitative estimate of drug-likeness (QED) is 0.581. The van der Waals surface area contributed by atoms with Crippen LogP contribution in [0.25, 0.3) is 10.9 Å². The molecule has 0 aliphatic heterocycles. The number of benzene rings is 1. The summed E-state index contributed by atoms with van der Waals surface area (Å²) in [6.07, 6.45) is -7.88. The second kappa shape index (κ2) is 6.48. The molecule has 2 heterocycles. The minimum absolute atomic E-state index is 0.217. The van der Waals surface area contributed by atoms with Crippen molar-refractivity contribution in [2.75, 3.05) is 17.7 Å². The lowest BCUT2D eigenvalue weighted by Gasteiger charge is -2.16. The molecule has 3 aromatic rings. The van der Waals surface area contributed by atoms with Crippen LogP contribution in [0.1, 0.15) is 5.56 Å². The van der Waals surface area contributed by atoms with Gasteiger partial charge in [-0.25, -0.2) is 4.98 Å². The lowest BCUT2D eigenvalue weighted by Crippen LogP contribution is -2.18. The van der Waals surface area contributed by atoms with E-state index in [9.17, 15) is 26.3 Å². The number of aromatic amines is 1. The van der Waals surface area contributed by atoms with Gasteiger partial charge in [0, 0.05) is 18.6 Å². The van der Waals surface area contributed by atoms with Gasteiger partial charge in [0.1, 0.15) is 11.4 Å². The SMILES string of the molecule is CNc1nc(Nc2cc3[nH]ncc3cc2OC(F)(F)F)ncc1C(F)(F)F. The molecular weight excluding hydrogens is 382 g/mol. The van der Waals surface area contributed by atoms with Crippen molar-refractivity contribution in [2.45, 2.75) is 12.5 Å². The minimum Gasteiger partial charge on any atom is -0.404 e. The van der Waals surface area contributed by atoms with Gasteiger partial charge in [-0.2, -0.15) is 23.3 Å². The number of H-pyrrole nitrogens is 1. The van der Waals surface area contributed by atoms with E-state index in [0.717, 1.165) is 6.07 Å². The first-order valence-electron chi connectivity index (χ1n) is 7.19. The largest absolute Gasteiger partial charge is 0.573 e. The molecule has 0 atom stereocenters. The highest BCUT2D eigenvalue weighted by Crippen LogP contribution is 2.37. The first kappa shape index (κ1) is 18.5. The topological polar surface area (TPSA) is 87.8 Å². The van der Waals surface area contributed by atoms with Gasteiger partial charge in [0.2, 0.25) is 5.95 Å². The smallest absolute Gasteiger partial charge is 0.404 e. The van der Waals surface area contributed by atoms with Crippen molar-refractivity contribution in [3.8, 4) is 5.75 Å². The third-order valence-electron chi connectivity index (χ3n) is 3.34. The molecule has 1 aromatic carbocycles. The Balaban J connectivity index is 2.01. The Labute approximate surface area is 146 Å². The molecule has 0 radical (unpaired) electrons. The number of nitrogens with zero attached hydrogens (tertiary/aromatic N) is 3. The van der Waals surface area contributed by atoms with Crippen LogP contribution in [-0.2, 0) is 6.18 Å². The average molecular weight is 392 g/mol. The van der Waals surface area contributed by atoms with Gasteiger partial charge in [-0.15, -0.1) is 13.2 Å². The number of ether oxygens (including phenoxy) is 1. The summed E-state index contributed by atoms with van der Waals surface area (Å²) in [6, 6.07) is 2.31. The van der Waals surface area contributed by atoms with Gasteiger partial charge in [0.05, 0.1) is 17.4 Å². The lowest BCUT2D eigenvalue weighted by atomic mass is 10.2. The van der Waals surface area contributed by atoms with E-state index in [1.807, 2.05) is 0 Å². The third kappa shape index (κ3) is 4.12. The van der Waals surface area contributed by atoms with E-state index in [4.69, 9.17) is 0 Å². The van der Waals surface area contributed by atoms with Crippen molar-refractivity contribution < 1.29 is 31.1 Å². The maximum Gasteiger partial charge on any atom is 0.573 e. The van der Waals surface area contributed by atoms with Crippen LogP contribution in [0.2, 0.25) is 0 Å². The Hall–Kier alpha value is -3.25. The molecule has 3 N–H and O–H groups in total. The van der Waals surface area contributed by atoms with Crippen LogP contribution >= 0.6 is 0 Å². The van der Waals surface area contributed by atoms with Gasteiger partial charge in [-0.1, -0.05) is 0 Å². The fourth-order valence-corrected chi connectivity index (χ4v) is 2.24. The Morgan fingerprint density at radius 3 is 2.44 bits per heavy atom. The third-order valence-corrected chi connectivity index (χ3v) is 3.34. The second-order valence-electron chi connectivity index (χ2n) is 5.18. The zero-order chi connectivity index (χ0) is 19.8. The molecule has 0 bridgehead atoms. The predicted octanol–water partition coefficient (Wildman–Crippen LogP) is 4.06. The van der Waals surface area contributed by atoms with Crippen LogP contribution in [0, 0.1) is 0 Å². The summed E-state index contributed by atoms with van der Waals surface area (Å²) in [6.45, 7) is 0. The normalized spacial score (nSPS) is 12.3. The van der Waals surface area contributed by atoms with Gasteiger partial charge in [-0.3, -0.25) is 5.10 Å². The van der Waals surface area contributed by atoms with Crippen LogP contribution < -0.4 is 15.4 Å². The standard InChI is InChI=1S/C14H10F6N6O/c1-21-11-7(13(15,16)17)5-22-12(25-11)24-9-3-8-6(4-23-26-8)2-10(9)27-14(18,19)20/h2-5H,1H3,(H,23,26)(H2,21,22,24,25). The maximum atomic E-state index is 12.9. The Morgan fingerprint density at radius 1 is 1.07 bits per heavy atom. The molecule has 2 aromatic heterocycles. The number of aromatic nitrogens is 4.